The van der Waals surface area contributed by atoms with Crippen LogP contribution in [0.2, 0.25) is 0 Å². The van der Waals surface area contributed by atoms with E-state index in [1.54, 1.807) is 30.5 Å². The van der Waals surface area contributed by atoms with Gasteiger partial charge in [-0.05, 0) is 36.6 Å². The van der Waals surface area contributed by atoms with Gasteiger partial charge in [0, 0.05) is 23.0 Å². The van der Waals surface area contributed by atoms with E-state index in [9.17, 15) is 9.59 Å². The molecule has 0 aliphatic rings. The average molecular weight is 395 g/mol. The minimum Gasteiger partial charge on any atom is -0.326 e. The van der Waals surface area contributed by atoms with Crippen molar-refractivity contribution < 1.29 is 9.59 Å². The summed E-state index contributed by atoms with van der Waals surface area (Å²) in [4.78, 5) is 29.2. The van der Waals surface area contributed by atoms with Gasteiger partial charge in [0.05, 0.1) is 6.20 Å². The van der Waals surface area contributed by atoms with Crippen LogP contribution in [0.15, 0.2) is 66.0 Å². The molecule has 0 aliphatic heterocycles. The molecule has 0 radical (unpaired) electrons. The number of imidazole rings is 1. The van der Waals surface area contributed by atoms with Crippen LogP contribution in [0.5, 0.6) is 0 Å². The third-order valence-corrected chi connectivity index (χ3v) is 4.72. The Balaban J connectivity index is 1.85. The summed E-state index contributed by atoms with van der Waals surface area (Å²) < 4.78 is 1.82. The molecule has 28 heavy (non-hydrogen) atoms. The molecule has 0 spiro atoms. The number of nitrogens with one attached hydrogen (secondary N) is 2. The molecule has 0 fully saturated rings. The van der Waals surface area contributed by atoms with E-state index in [-0.39, 0.29) is 17.7 Å². The quantitative estimate of drug-likeness (QED) is 0.606. The van der Waals surface area contributed by atoms with E-state index in [4.69, 9.17) is 0 Å². The fourth-order valence-electron chi connectivity index (χ4n) is 2.62. The number of carbonyl (C=O) groups is 2. The first kappa shape index (κ1) is 19.7. The number of anilines is 2. The molecule has 2 amide bonds. The maximum atomic E-state index is 12.9. The summed E-state index contributed by atoms with van der Waals surface area (Å²) in [5.74, 6) is -0.470. The highest BCUT2D eigenvalue weighted by atomic mass is 32.2. The summed E-state index contributed by atoms with van der Waals surface area (Å²) in [5.41, 5.74) is 2.54. The SMILES string of the molecule is CSc1ncc(C(=O)Nc2cccc(NC(=O)C(C)C)c2)n1-c1ccccc1. The average Bonchev–Trinajstić information content (AvgIpc) is 3.13. The summed E-state index contributed by atoms with van der Waals surface area (Å²) >= 11 is 1.47. The molecule has 1 aromatic heterocycles. The van der Waals surface area contributed by atoms with E-state index < -0.39 is 0 Å². The standard InChI is InChI=1S/C21H22N4O2S/c1-14(2)19(26)23-15-8-7-9-16(12-15)24-20(27)18-13-22-21(28-3)25(18)17-10-5-4-6-11-17/h4-14H,1-3H3,(H,23,26)(H,24,27). The Labute approximate surface area is 168 Å². The summed E-state index contributed by atoms with van der Waals surface area (Å²) in [6.07, 6.45) is 3.49. The Morgan fingerprint density at radius 1 is 1.00 bits per heavy atom. The molecule has 6 nitrogen and oxygen atoms in total. The van der Waals surface area contributed by atoms with Gasteiger partial charge in [-0.1, -0.05) is 49.9 Å². The summed E-state index contributed by atoms with van der Waals surface area (Å²) in [5, 5.41) is 6.45. The van der Waals surface area contributed by atoms with Crippen molar-refractivity contribution in [1.29, 1.82) is 0 Å². The topological polar surface area (TPSA) is 76.0 Å². The van der Waals surface area contributed by atoms with E-state index >= 15 is 0 Å². The van der Waals surface area contributed by atoms with E-state index in [0.717, 1.165) is 10.8 Å². The van der Waals surface area contributed by atoms with Gasteiger partial charge in [0.1, 0.15) is 5.69 Å². The monoisotopic (exact) mass is 394 g/mol. The van der Waals surface area contributed by atoms with Gasteiger partial charge in [0.15, 0.2) is 5.16 Å². The zero-order valence-corrected chi connectivity index (χ0v) is 16.8. The first-order valence-corrected chi connectivity index (χ1v) is 10.1. The molecular formula is C21H22N4O2S. The number of para-hydroxylation sites is 1. The van der Waals surface area contributed by atoms with Crippen LogP contribution in [0.3, 0.4) is 0 Å². The Bertz CT molecular complexity index is 983. The third-order valence-electron chi connectivity index (χ3n) is 4.07. The number of amides is 2. The Morgan fingerprint density at radius 3 is 2.32 bits per heavy atom. The smallest absolute Gasteiger partial charge is 0.274 e. The molecule has 3 aromatic rings. The van der Waals surface area contributed by atoms with E-state index in [2.05, 4.69) is 15.6 Å². The summed E-state index contributed by atoms with van der Waals surface area (Å²) in [6, 6.07) is 16.7. The maximum Gasteiger partial charge on any atom is 0.274 e. The number of rotatable bonds is 6. The lowest BCUT2D eigenvalue weighted by Crippen LogP contribution is -2.19. The molecule has 0 aliphatic carbocycles. The van der Waals surface area contributed by atoms with E-state index in [1.165, 1.54) is 11.8 Å². The van der Waals surface area contributed by atoms with Crippen LogP contribution in [-0.4, -0.2) is 27.6 Å². The zero-order valence-electron chi connectivity index (χ0n) is 16.0. The first-order chi connectivity index (χ1) is 13.5. The van der Waals surface area contributed by atoms with Gasteiger partial charge in [-0.2, -0.15) is 0 Å². The van der Waals surface area contributed by atoms with Gasteiger partial charge in [-0.15, -0.1) is 0 Å². The molecule has 0 unspecified atom stereocenters. The molecule has 0 atom stereocenters. The Kier molecular flexibility index (Phi) is 6.16. The lowest BCUT2D eigenvalue weighted by molar-refractivity contribution is -0.118. The lowest BCUT2D eigenvalue weighted by Gasteiger charge is -2.12. The van der Waals surface area contributed by atoms with Crippen molar-refractivity contribution in [1.82, 2.24) is 9.55 Å². The number of hydrogen-bond donors (Lipinski definition) is 2. The number of thioether (sulfide) groups is 1. The molecule has 2 N–H and O–H groups in total. The molecule has 1 heterocycles. The summed E-state index contributed by atoms with van der Waals surface area (Å²) in [6.45, 7) is 3.66. The van der Waals surface area contributed by atoms with Gasteiger partial charge in [0.25, 0.3) is 5.91 Å². The minimum absolute atomic E-state index is 0.0738. The van der Waals surface area contributed by atoms with Crippen molar-refractivity contribution in [3.8, 4) is 5.69 Å². The number of hydrogen-bond acceptors (Lipinski definition) is 4. The number of nitrogens with zero attached hydrogens (tertiary/aromatic N) is 2. The number of carbonyl (C=O) groups excluding carboxylic acids is 2. The van der Waals surface area contributed by atoms with Crippen LogP contribution >= 0.6 is 11.8 Å². The van der Waals surface area contributed by atoms with Crippen molar-refractivity contribution in [2.75, 3.05) is 16.9 Å². The molecule has 0 saturated heterocycles. The second-order valence-electron chi connectivity index (χ2n) is 6.48. The van der Waals surface area contributed by atoms with Crippen LogP contribution < -0.4 is 10.6 Å². The zero-order chi connectivity index (χ0) is 20.1. The molecule has 144 valence electrons. The fourth-order valence-corrected chi connectivity index (χ4v) is 3.17. The van der Waals surface area contributed by atoms with E-state index in [0.29, 0.717) is 17.1 Å². The predicted octanol–water partition coefficient (Wildman–Crippen LogP) is 4.44. The Morgan fingerprint density at radius 2 is 1.68 bits per heavy atom. The van der Waals surface area contributed by atoms with Crippen LogP contribution in [0, 0.1) is 5.92 Å². The molecule has 3 rings (SSSR count). The van der Waals surface area contributed by atoms with Gasteiger partial charge in [0.2, 0.25) is 5.91 Å². The molecule has 0 bridgehead atoms. The third kappa shape index (κ3) is 4.43. The second-order valence-corrected chi connectivity index (χ2v) is 7.25. The largest absolute Gasteiger partial charge is 0.326 e. The molecule has 7 heteroatoms. The lowest BCUT2D eigenvalue weighted by atomic mass is 10.2. The van der Waals surface area contributed by atoms with Crippen molar-refractivity contribution in [3.63, 3.8) is 0 Å². The van der Waals surface area contributed by atoms with Gasteiger partial charge >= 0.3 is 0 Å². The van der Waals surface area contributed by atoms with Crippen molar-refractivity contribution in [3.05, 3.63) is 66.5 Å². The van der Waals surface area contributed by atoms with Crippen molar-refractivity contribution in [2.45, 2.75) is 19.0 Å². The molecular weight excluding hydrogens is 372 g/mol. The fraction of sp³-hybridized carbons (Fsp3) is 0.190. The maximum absolute atomic E-state index is 12.9. The summed E-state index contributed by atoms with van der Waals surface area (Å²) in [7, 11) is 0. The Hall–Kier alpha value is -3.06. The molecule has 0 saturated carbocycles. The van der Waals surface area contributed by atoms with Gasteiger partial charge < -0.3 is 10.6 Å². The van der Waals surface area contributed by atoms with Crippen LogP contribution in [0.1, 0.15) is 24.3 Å². The highest BCUT2D eigenvalue weighted by molar-refractivity contribution is 7.98. The first-order valence-electron chi connectivity index (χ1n) is 8.89. The molecule has 2 aromatic carbocycles. The van der Waals surface area contributed by atoms with Gasteiger partial charge in [-0.25, -0.2) is 4.98 Å². The highest BCUT2D eigenvalue weighted by Crippen LogP contribution is 2.23. The minimum atomic E-state index is -0.274. The number of aromatic nitrogens is 2. The highest BCUT2D eigenvalue weighted by Gasteiger charge is 2.18. The van der Waals surface area contributed by atoms with E-state index in [1.807, 2.05) is 55.0 Å². The predicted molar refractivity (Wildman–Crippen MR) is 113 cm³/mol. The normalized spacial score (nSPS) is 10.7. The van der Waals surface area contributed by atoms with Crippen LogP contribution in [0.4, 0.5) is 11.4 Å². The second kappa shape index (κ2) is 8.75. The van der Waals surface area contributed by atoms with Crippen LogP contribution in [0.25, 0.3) is 5.69 Å². The van der Waals surface area contributed by atoms with Crippen molar-refractivity contribution in [2.24, 2.45) is 5.92 Å². The van der Waals surface area contributed by atoms with Gasteiger partial charge in [-0.3, -0.25) is 14.2 Å². The van der Waals surface area contributed by atoms with Crippen LogP contribution in [-0.2, 0) is 4.79 Å². The van der Waals surface area contributed by atoms with Crippen molar-refractivity contribution >= 4 is 35.0 Å². The number of benzene rings is 2.